The van der Waals surface area contributed by atoms with Crippen LogP contribution in [0.4, 0.5) is 0 Å². The Labute approximate surface area is 188 Å². The summed E-state index contributed by atoms with van der Waals surface area (Å²) in [6.07, 6.45) is 0. The highest BCUT2D eigenvalue weighted by molar-refractivity contribution is 5.65. The fourth-order valence-corrected chi connectivity index (χ4v) is 3.57. The zero-order valence-electron chi connectivity index (χ0n) is 17.5. The SMILES string of the molecule is c1ccc(-c2ccc(Oc3cccc(Oc4ccc(-c5ccccc5)cc4)c3)cc2)cc1. The maximum absolute atomic E-state index is 6.04. The second-order valence-electron chi connectivity index (χ2n) is 7.46. The molecule has 0 bridgehead atoms. The van der Waals surface area contributed by atoms with E-state index in [0.29, 0.717) is 0 Å². The Kier molecular flexibility index (Phi) is 5.67. The van der Waals surface area contributed by atoms with Crippen LogP contribution in [-0.2, 0) is 0 Å². The van der Waals surface area contributed by atoms with Crippen molar-refractivity contribution in [2.24, 2.45) is 0 Å². The largest absolute Gasteiger partial charge is 0.457 e. The zero-order valence-corrected chi connectivity index (χ0v) is 17.5. The van der Waals surface area contributed by atoms with Gasteiger partial charge in [0.15, 0.2) is 0 Å². The van der Waals surface area contributed by atoms with Crippen LogP contribution in [0.15, 0.2) is 133 Å². The van der Waals surface area contributed by atoms with E-state index in [-0.39, 0.29) is 0 Å². The number of hydrogen-bond donors (Lipinski definition) is 0. The molecule has 0 heterocycles. The molecule has 2 heteroatoms. The van der Waals surface area contributed by atoms with Gasteiger partial charge in [0.2, 0.25) is 0 Å². The fourth-order valence-electron chi connectivity index (χ4n) is 3.57. The third kappa shape index (κ3) is 4.71. The van der Waals surface area contributed by atoms with Crippen LogP contribution in [-0.4, -0.2) is 0 Å². The first-order chi connectivity index (χ1) is 15.8. The molecular formula is C30H22O2. The standard InChI is InChI=1S/C30H22O2/c1-3-8-23(9-4-1)25-14-18-27(19-15-25)31-29-12-7-13-30(22-29)32-28-20-16-26(17-21-28)24-10-5-2-6-11-24/h1-22H. The summed E-state index contributed by atoms with van der Waals surface area (Å²) < 4.78 is 12.1. The topological polar surface area (TPSA) is 18.5 Å². The van der Waals surface area contributed by atoms with Gasteiger partial charge in [0.1, 0.15) is 23.0 Å². The molecule has 0 aromatic heterocycles. The summed E-state index contributed by atoms with van der Waals surface area (Å²) in [5.41, 5.74) is 4.70. The Morgan fingerprint density at radius 3 is 1.06 bits per heavy atom. The van der Waals surface area contributed by atoms with Gasteiger partial charge in [-0.3, -0.25) is 0 Å². The molecule has 5 aromatic rings. The van der Waals surface area contributed by atoms with Gasteiger partial charge in [-0.15, -0.1) is 0 Å². The summed E-state index contributed by atoms with van der Waals surface area (Å²) in [5.74, 6) is 3.04. The molecule has 0 radical (unpaired) electrons. The van der Waals surface area contributed by atoms with Crippen LogP contribution >= 0.6 is 0 Å². The van der Waals surface area contributed by atoms with Gasteiger partial charge in [0.05, 0.1) is 0 Å². The molecule has 0 N–H and O–H groups in total. The first kappa shape index (κ1) is 19.7. The normalized spacial score (nSPS) is 10.5. The predicted octanol–water partition coefficient (Wildman–Crippen LogP) is 8.61. The molecule has 2 nitrogen and oxygen atoms in total. The maximum atomic E-state index is 6.04. The monoisotopic (exact) mass is 414 g/mol. The van der Waals surface area contributed by atoms with Crippen LogP contribution < -0.4 is 9.47 Å². The average Bonchev–Trinajstić information content (AvgIpc) is 2.86. The second kappa shape index (κ2) is 9.23. The molecule has 5 aromatic carbocycles. The quantitative estimate of drug-likeness (QED) is 0.277. The molecule has 0 aliphatic rings. The third-order valence-electron chi connectivity index (χ3n) is 5.20. The maximum Gasteiger partial charge on any atom is 0.131 e. The van der Waals surface area contributed by atoms with Crippen LogP contribution in [0.3, 0.4) is 0 Å². The lowest BCUT2D eigenvalue weighted by atomic mass is 10.1. The van der Waals surface area contributed by atoms with E-state index >= 15 is 0 Å². The molecule has 0 aliphatic heterocycles. The first-order valence-electron chi connectivity index (χ1n) is 10.6. The molecule has 0 spiro atoms. The Morgan fingerprint density at radius 2 is 0.656 bits per heavy atom. The van der Waals surface area contributed by atoms with Gasteiger partial charge in [0, 0.05) is 6.07 Å². The molecule has 0 unspecified atom stereocenters. The van der Waals surface area contributed by atoms with Gasteiger partial charge >= 0.3 is 0 Å². The highest BCUT2D eigenvalue weighted by atomic mass is 16.5. The van der Waals surface area contributed by atoms with Crippen molar-refractivity contribution in [3.8, 4) is 45.3 Å². The van der Waals surface area contributed by atoms with E-state index in [1.54, 1.807) is 0 Å². The number of ether oxygens (including phenoxy) is 2. The van der Waals surface area contributed by atoms with Crippen molar-refractivity contribution in [1.82, 2.24) is 0 Å². The first-order valence-corrected chi connectivity index (χ1v) is 10.6. The van der Waals surface area contributed by atoms with Crippen LogP contribution in [0.25, 0.3) is 22.3 Å². The van der Waals surface area contributed by atoms with Crippen molar-refractivity contribution >= 4 is 0 Å². The van der Waals surface area contributed by atoms with E-state index in [9.17, 15) is 0 Å². The van der Waals surface area contributed by atoms with E-state index in [2.05, 4.69) is 48.5 Å². The van der Waals surface area contributed by atoms with Gasteiger partial charge < -0.3 is 9.47 Å². The number of hydrogen-bond acceptors (Lipinski definition) is 2. The van der Waals surface area contributed by atoms with Crippen molar-refractivity contribution in [2.45, 2.75) is 0 Å². The fraction of sp³-hybridized carbons (Fsp3) is 0. The van der Waals surface area contributed by atoms with Gasteiger partial charge in [-0.05, 0) is 58.7 Å². The molecule has 0 saturated carbocycles. The summed E-state index contributed by atoms with van der Waals surface area (Å²) in [6, 6.07) is 44.5. The summed E-state index contributed by atoms with van der Waals surface area (Å²) >= 11 is 0. The lowest BCUT2D eigenvalue weighted by Gasteiger charge is -2.10. The van der Waals surface area contributed by atoms with E-state index < -0.39 is 0 Å². The number of rotatable bonds is 6. The second-order valence-corrected chi connectivity index (χ2v) is 7.46. The van der Waals surface area contributed by atoms with E-state index in [4.69, 9.17) is 9.47 Å². The average molecular weight is 415 g/mol. The molecule has 32 heavy (non-hydrogen) atoms. The van der Waals surface area contributed by atoms with Crippen molar-refractivity contribution in [3.63, 3.8) is 0 Å². The lowest BCUT2D eigenvalue weighted by Crippen LogP contribution is -1.88. The van der Waals surface area contributed by atoms with E-state index in [0.717, 1.165) is 34.1 Å². The molecule has 0 saturated heterocycles. The van der Waals surface area contributed by atoms with Crippen LogP contribution in [0, 0.1) is 0 Å². The van der Waals surface area contributed by atoms with Gasteiger partial charge in [-0.2, -0.15) is 0 Å². The summed E-state index contributed by atoms with van der Waals surface area (Å²) in [4.78, 5) is 0. The highest BCUT2D eigenvalue weighted by Gasteiger charge is 2.04. The van der Waals surface area contributed by atoms with Crippen LogP contribution in [0.1, 0.15) is 0 Å². The summed E-state index contributed by atoms with van der Waals surface area (Å²) in [7, 11) is 0. The minimum Gasteiger partial charge on any atom is -0.457 e. The van der Waals surface area contributed by atoms with Crippen molar-refractivity contribution in [3.05, 3.63) is 133 Å². The number of benzene rings is 5. The Bertz CT molecular complexity index is 1180. The smallest absolute Gasteiger partial charge is 0.131 e. The third-order valence-corrected chi connectivity index (χ3v) is 5.20. The minimum atomic E-state index is 0.732. The predicted molar refractivity (Wildman–Crippen MR) is 130 cm³/mol. The summed E-state index contributed by atoms with van der Waals surface area (Å²) in [5, 5.41) is 0. The summed E-state index contributed by atoms with van der Waals surface area (Å²) in [6.45, 7) is 0. The molecule has 0 amide bonds. The molecule has 0 atom stereocenters. The van der Waals surface area contributed by atoms with Crippen molar-refractivity contribution in [1.29, 1.82) is 0 Å². The van der Waals surface area contributed by atoms with E-state index in [1.807, 2.05) is 84.9 Å². The minimum absolute atomic E-state index is 0.732. The Balaban J connectivity index is 1.27. The Hall–Kier alpha value is -4.30. The lowest BCUT2D eigenvalue weighted by molar-refractivity contribution is 0.460. The molecule has 0 aliphatic carbocycles. The van der Waals surface area contributed by atoms with Gasteiger partial charge in [-0.1, -0.05) is 91.0 Å². The molecular weight excluding hydrogens is 392 g/mol. The van der Waals surface area contributed by atoms with Crippen LogP contribution in [0.5, 0.6) is 23.0 Å². The van der Waals surface area contributed by atoms with Crippen molar-refractivity contribution < 1.29 is 9.47 Å². The molecule has 5 rings (SSSR count). The zero-order chi connectivity index (χ0) is 21.6. The Morgan fingerprint density at radius 1 is 0.281 bits per heavy atom. The molecule has 154 valence electrons. The van der Waals surface area contributed by atoms with Crippen molar-refractivity contribution in [2.75, 3.05) is 0 Å². The van der Waals surface area contributed by atoms with Gasteiger partial charge in [0.25, 0.3) is 0 Å². The van der Waals surface area contributed by atoms with Gasteiger partial charge in [-0.25, -0.2) is 0 Å². The highest BCUT2D eigenvalue weighted by Crippen LogP contribution is 2.30. The molecule has 0 fully saturated rings. The van der Waals surface area contributed by atoms with E-state index in [1.165, 1.54) is 11.1 Å². The van der Waals surface area contributed by atoms with Crippen LogP contribution in [0.2, 0.25) is 0 Å².